The van der Waals surface area contributed by atoms with E-state index in [1.54, 1.807) is 6.33 Å². The summed E-state index contributed by atoms with van der Waals surface area (Å²) in [5.74, 6) is 0.802. The molecule has 3 rings (SSSR count). The number of piperidine rings is 1. The molecule has 0 N–H and O–H groups in total. The number of aromatic nitrogens is 2. The molecule has 3 heteroatoms. The Morgan fingerprint density at radius 2 is 1.79 bits per heavy atom. The second kappa shape index (κ2) is 5.39. The van der Waals surface area contributed by atoms with Crippen molar-refractivity contribution in [2.24, 2.45) is 5.92 Å². The molecule has 1 atom stereocenters. The van der Waals surface area contributed by atoms with Gasteiger partial charge < -0.3 is 4.90 Å². The van der Waals surface area contributed by atoms with E-state index in [0.717, 1.165) is 11.5 Å². The fourth-order valence-corrected chi connectivity index (χ4v) is 2.74. The Morgan fingerprint density at radius 3 is 2.47 bits per heavy atom. The lowest BCUT2D eigenvalue weighted by Crippen LogP contribution is -2.34. The van der Waals surface area contributed by atoms with E-state index in [9.17, 15) is 0 Å². The minimum atomic E-state index is 0.802. The van der Waals surface area contributed by atoms with Crippen LogP contribution in [0, 0.1) is 5.92 Å². The maximum atomic E-state index is 4.06. The van der Waals surface area contributed by atoms with Crippen LogP contribution in [0.2, 0.25) is 0 Å². The van der Waals surface area contributed by atoms with Crippen LogP contribution in [0.25, 0.3) is 11.1 Å². The summed E-state index contributed by atoms with van der Waals surface area (Å²) < 4.78 is 0. The Morgan fingerprint density at radius 1 is 1.05 bits per heavy atom. The van der Waals surface area contributed by atoms with E-state index >= 15 is 0 Å². The predicted molar refractivity (Wildman–Crippen MR) is 78.1 cm³/mol. The quantitative estimate of drug-likeness (QED) is 0.821. The zero-order valence-electron chi connectivity index (χ0n) is 11.3. The molecule has 1 saturated heterocycles. The number of hydrogen-bond donors (Lipinski definition) is 0. The van der Waals surface area contributed by atoms with E-state index in [0.29, 0.717) is 0 Å². The molecule has 0 radical (unpaired) electrons. The minimum absolute atomic E-state index is 0.802. The summed E-state index contributed by atoms with van der Waals surface area (Å²) in [6, 6.07) is 8.74. The van der Waals surface area contributed by atoms with Crippen LogP contribution in [0.3, 0.4) is 0 Å². The smallest absolute Gasteiger partial charge is 0.115 e. The van der Waals surface area contributed by atoms with Gasteiger partial charge in [0.1, 0.15) is 6.33 Å². The molecule has 1 aliphatic rings. The van der Waals surface area contributed by atoms with E-state index in [1.165, 1.54) is 37.2 Å². The van der Waals surface area contributed by atoms with Crippen molar-refractivity contribution in [2.45, 2.75) is 19.8 Å². The molecule has 3 nitrogen and oxygen atoms in total. The number of benzene rings is 1. The van der Waals surface area contributed by atoms with Crippen molar-refractivity contribution in [3.8, 4) is 11.1 Å². The molecule has 1 fully saturated rings. The molecule has 0 spiro atoms. The normalized spacial score (nSPS) is 19.4. The van der Waals surface area contributed by atoms with Crippen LogP contribution in [-0.2, 0) is 0 Å². The molecule has 0 amide bonds. The Kier molecular flexibility index (Phi) is 3.45. The molecule has 1 aromatic carbocycles. The summed E-state index contributed by atoms with van der Waals surface area (Å²) in [5, 5.41) is 0. The first-order valence-electron chi connectivity index (χ1n) is 6.93. The lowest BCUT2D eigenvalue weighted by Gasteiger charge is -2.32. The summed E-state index contributed by atoms with van der Waals surface area (Å²) in [6.45, 7) is 4.69. The average molecular weight is 253 g/mol. The van der Waals surface area contributed by atoms with Gasteiger partial charge in [-0.1, -0.05) is 19.1 Å². The third-order valence-corrected chi connectivity index (χ3v) is 3.78. The highest BCUT2D eigenvalue weighted by atomic mass is 15.1. The van der Waals surface area contributed by atoms with Gasteiger partial charge in [-0.05, 0) is 36.5 Å². The first kappa shape index (κ1) is 12.2. The van der Waals surface area contributed by atoms with Crippen LogP contribution >= 0.6 is 0 Å². The Labute approximate surface area is 114 Å². The maximum absolute atomic E-state index is 4.06. The lowest BCUT2D eigenvalue weighted by molar-refractivity contribution is 0.447. The van der Waals surface area contributed by atoms with Gasteiger partial charge in [-0.15, -0.1) is 0 Å². The number of nitrogens with zero attached hydrogens (tertiary/aromatic N) is 3. The molecule has 19 heavy (non-hydrogen) atoms. The van der Waals surface area contributed by atoms with Crippen LogP contribution in [0.1, 0.15) is 19.8 Å². The molecule has 0 unspecified atom stereocenters. The summed E-state index contributed by atoms with van der Waals surface area (Å²) >= 11 is 0. The van der Waals surface area contributed by atoms with Gasteiger partial charge in [0, 0.05) is 36.7 Å². The molecule has 2 heterocycles. The zero-order valence-corrected chi connectivity index (χ0v) is 11.3. The third kappa shape index (κ3) is 2.75. The van der Waals surface area contributed by atoms with E-state index in [4.69, 9.17) is 0 Å². The van der Waals surface area contributed by atoms with Crippen molar-refractivity contribution in [1.29, 1.82) is 0 Å². The van der Waals surface area contributed by atoms with Gasteiger partial charge in [0.25, 0.3) is 0 Å². The first-order valence-corrected chi connectivity index (χ1v) is 6.93. The molecular weight excluding hydrogens is 234 g/mol. The Bertz CT molecular complexity index is 521. The van der Waals surface area contributed by atoms with Gasteiger partial charge in [-0.25, -0.2) is 9.97 Å². The van der Waals surface area contributed by atoms with Crippen LogP contribution in [0.5, 0.6) is 0 Å². The van der Waals surface area contributed by atoms with E-state index in [-0.39, 0.29) is 0 Å². The second-order valence-corrected chi connectivity index (χ2v) is 5.37. The highest BCUT2D eigenvalue weighted by molar-refractivity contribution is 5.64. The monoisotopic (exact) mass is 253 g/mol. The highest BCUT2D eigenvalue weighted by Crippen LogP contribution is 2.25. The topological polar surface area (TPSA) is 29.0 Å². The second-order valence-electron chi connectivity index (χ2n) is 5.37. The van der Waals surface area contributed by atoms with Crippen molar-refractivity contribution >= 4 is 5.69 Å². The first-order chi connectivity index (χ1) is 9.33. The average Bonchev–Trinajstić information content (AvgIpc) is 2.48. The maximum Gasteiger partial charge on any atom is 0.115 e. The number of rotatable bonds is 2. The third-order valence-electron chi connectivity index (χ3n) is 3.78. The van der Waals surface area contributed by atoms with Crippen LogP contribution in [0.15, 0.2) is 43.0 Å². The molecule has 1 aliphatic heterocycles. The summed E-state index contributed by atoms with van der Waals surface area (Å²) in [6.07, 6.45) is 7.92. The molecule has 0 bridgehead atoms. The molecular formula is C16H19N3. The van der Waals surface area contributed by atoms with Gasteiger partial charge >= 0.3 is 0 Å². The van der Waals surface area contributed by atoms with Crippen LogP contribution in [0.4, 0.5) is 5.69 Å². The van der Waals surface area contributed by atoms with Crippen molar-refractivity contribution in [1.82, 2.24) is 9.97 Å². The van der Waals surface area contributed by atoms with Crippen molar-refractivity contribution in [3.63, 3.8) is 0 Å². The van der Waals surface area contributed by atoms with E-state index in [1.807, 2.05) is 12.4 Å². The molecule has 0 aliphatic carbocycles. The van der Waals surface area contributed by atoms with Gasteiger partial charge in [-0.3, -0.25) is 0 Å². The van der Waals surface area contributed by atoms with Crippen LogP contribution < -0.4 is 4.90 Å². The summed E-state index contributed by atoms with van der Waals surface area (Å²) in [5.41, 5.74) is 3.57. The van der Waals surface area contributed by atoms with Crippen molar-refractivity contribution in [2.75, 3.05) is 18.0 Å². The minimum Gasteiger partial charge on any atom is -0.371 e. The van der Waals surface area contributed by atoms with E-state index < -0.39 is 0 Å². The SMILES string of the molecule is C[C@H]1CCCN(c2ccc(-c3cncnc3)cc2)C1. The van der Waals surface area contributed by atoms with Crippen molar-refractivity contribution in [3.05, 3.63) is 43.0 Å². The van der Waals surface area contributed by atoms with Crippen molar-refractivity contribution < 1.29 is 0 Å². The fraction of sp³-hybridized carbons (Fsp3) is 0.375. The molecule has 1 aromatic heterocycles. The lowest BCUT2D eigenvalue weighted by atomic mass is 9.99. The van der Waals surface area contributed by atoms with Gasteiger partial charge in [0.15, 0.2) is 0 Å². The fourth-order valence-electron chi connectivity index (χ4n) is 2.74. The summed E-state index contributed by atoms with van der Waals surface area (Å²) in [4.78, 5) is 10.6. The highest BCUT2D eigenvalue weighted by Gasteiger charge is 2.16. The molecule has 2 aromatic rings. The van der Waals surface area contributed by atoms with Gasteiger partial charge in [-0.2, -0.15) is 0 Å². The molecule has 0 saturated carbocycles. The number of anilines is 1. The zero-order chi connectivity index (χ0) is 13.1. The largest absolute Gasteiger partial charge is 0.371 e. The molecule has 98 valence electrons. The van der Waals surface area contributed by atoms with E-state index in [2.05, 4.69) is 46.1 Å². The van der Waals surface area contributed by atoms with Crippen LogP contribution in [-0.4, -0.2) is 23.1 Å². The Hall–Kier alpha value is -1.90. The summed E-state index contributed by atoms with van der Waals surface area (Å²) in [7, 11) is 0. The predicted octanol–water partition coefficient (Wildman–Crippen LogP) is 3.38. The van der Waals surface area contributed by atoms with Gasteiger partial charge in [0.2, 0.25) is 0 Å². The van der Waals surface area contributed by atoms with Gasteiger partial charge in [0.05, 0.1) is 0 Å². The standard InChI is InChI=1S/C16H19N3/c1-13-3-2-8-19(11-13)16-6-4-14(5-7-16)15-9-17-12-18-10-15/h4-7,9-10,12-13H,2-3,8,11H2,1H3/t13-/m0/s1. The number of hydrogen-bond acceptors (Lipinski definition) is 3. The Balaban J connectivity index is 1.79.